The van der Waals surface area contributed by atoms with E-state index in [1.807, 2.05) is 6.20 Å². The second kappa shape index (κ2) is 8.82. The first-order valence-electron chi connectivity index (χ1n) is 7.23. The lowest BCUT2D eigenvalue weighted by molar-refractivity contribution is 0.300. The summed E-state index contributed by atoms with van der Waals surface area (Å²) >= 11 is 0. The summed E-state index contributed by atoms with van der Waals surface area (Å²) in [7, 11) is 0. The third kappa shape index (κ3) is 5.12. The lowest BCUT2D eigenvalue weighted by Crippen LogP contribution is -2.30. The number of nitrogens with two attached hydrogens (primary N) is 1. The molecule has 0 aliphatic carbocycles. The van der Waals surface area contributed by atoms with E-state index in [4.69, 9.17) is 5.73 Å². The molecule has 0 aromatic carbocycles. The molecular formula is C14H27N5. The molecule has 0 fully saturated rings. The summed E-state index contributed by atoms with van der Waals surface area (Å²) < 4.78 is 0. The van der Waals surface area contributed by atoms with Crippen LogP contribution >= 0.6 is 0 Å². The van der Waals surface area contributed by atoms with E-state index in [9.17, 15) is 0 Å². The van der Waals surface area contributed by atoms with Crippen molar-refractivity contribution in [2.75, 3.05) is 37.6 Å². The molecule has 1 rings (SSSR count). The highest BCUT2D eigenvalue weighted by Gasteiger charge is 2.07. The Balaban J connectivity index is 2.48. The van der Waals surface area contributed by atoms with Gasteiger partial charge in [-0.05, 0) is 33.0 Å². The van der Waals surface area contributed by atoms with Crippen molar-refractivity contribution in [1.29, 1.82) is 0 Å². The van der Waals surface area contributed by atoms with Crippen LogP contribution < -0.4 is 10.6 Å². The number of aromatic nitrogens is 2. The average Bonchev–Trinajstić information content (AvgIpc) is 2.48. The van der Waals surface area contributed by atoms with Gasteiger partial charge in [0.15, 0.2) is 0 Å². The summed E-state index contributed by atoms with van der Waals surface area (Å²) in [6, 6.07) is 0. The number of hydrogen-bond donors (Lipinski definition) is 1. The van der Waals surface area contributed by atoms with Gasteiger partial charge in [-0.25, -0.2) is 4.98 Å². The van der Waals surface area contributed by atoms with Crippen molar-refractivity contribution in [3.05, 3.63) is 18.1 Å². The Kier molecular flexibility index (Phi) is 7.36. The lowest BCUT2D eigenvalue weighted by atomic mass is 10.3. The zero-order valence-corrected chi connectivity index (χ0v) is 12.5. The molecule has 0 atom stereocenters. The summed E-state index contributed by atoms with van der Waals surface area (Å²) in [5.41, 5.74) is 6.37. The van der Waals surface area contributed by atoms with E-state index in [0.717, 1.165) is 50.7 Å². The topological polar surface area (TPSA) is 58.3 Å². The van der Waals surface area contributed by atoms with Gasteiger partial charge in [0.25, 0.3) is 0 Å². The van der Waals surface area contributed by atoms with Crippen LogP contribution in [0.2, 0.25) is 0 Å². The third-order valence-electron chi connectivity index (χ3n) is 3.40. The standard InChI is InChI=1S/C14H27N5/c1-4-18(5-2)8-7-9-19(6-3)14-12-16-13(10-15)11-17-14/h11-12H,4-10,15H2,1-3H3. The maximum absolute atomic E-state index is 5.53. The molecule has 5 heteroatoms. The molecule has 1 heterocycles. The first-order chi connectivity index (χ1) is 9.24. The minimum absolute atomic E-state index is 0.446. The maximum atomic E-state index is 5.53. The van der Waals surface area contributed by atoms with Crippen molar-refractivity contribution in [1.82, 2.24) is 14.9 Å². The summed E-state index contributed by atoms with van der Waals surface area (Å²) in [5.74, 6) is 0.944. The van der Waals surface area contributed by atoms with Crippen LogP contribution in [0.3, 0.4) is 0 Å². The Morgan fingerprint density at radius 3 is 2.21 bits per heavy atom. The van der Waals surface area contributed by atoms with Gasteiger partial charge in [-0.3, -0.25) is 4.98 Å². The van der Waals surface area contributed by atoms with E-state index < -0.39 is 0 Å². The fourth-order valence-electron chi connectivity index (χ4n) is 2.08. The molecule has 0 amide bonds. The summed E-state index contributed by atoms with van der Waals surface area (Å²) in [6.45, 7) is 12.4. The van der Waals surface area contributed by atoms with Crippen molar-refractivity contribution in [2.45, 2.75) is 33.7 Å². The molecule has 0 saturated heterocycles. The smallest absolute Gasteiger partial charge is 0.147 e. The summed E-state index contributed by atoms with van der Waals surface area (Å²) in [4.78, 5) is 13.4. The van der Waals surface area contributed by atoms with Gasteiger partial charge in [0, 0.05) is 19.6 Å². The Morgan fingerprint density at radius 2 is 1.74 bits per heavy atom. The molecule has 0 radical (unpaired) electrons. The van der Waals surface area contributed by atoms with E-state index in [-0.39, 0.29) is 0 Å². The van der Waals surface area contributed by atoms with Gasteiger partial charge in [0.1, 0.15) is 5.82 Å². The predicted octanol–water partition coefficient (Wildman–Crippen LogP) is 1.49. The third-order valence-corrected chi connectivity index (χ3v) is 3.40. The summed E-state index contributed by atoms with van der Waals surface area (Å²) in [6.07, 6.45) is 4.74. The zero-order valence-electron chi connectivity index (χ0n) is 12.5. The Morgan fingerprint density at radius 1 is 1.00 bits per heavy atom. The highest BCUT2D eigenvalue weighted by atomic mass is 15.2. The largest absolute Gasteiger partial charge is 0.356 e. The molecule has 19 heavy (non-hydrogen) atoms. The molecule has 0 unspecified atom stereocenters. The van der Waals surface area contributed by atoms with Crippen LogP contribution in [0.5, 0.6) is 0 Å². The van der Waals surface area contributed by atoms with E-state index in [1.165, 1.54) is 0 Å². The monoisotopic (exact) mass is 265 g/mol. The second-order valence-electron chi connectivity index (χ2n) is 4.53. The summed E-state index contributed by atoms with van der Waals surface area (Å²) in [5, 5.41) is 0. The van der Waals surface area contributed by atoms with E-state index in [1.54, 1.807) is 6.20 Å². The first kappa shape index (κ1) is 15.9. The molecule has 5 nitrogen and oxygen atoms in total. The van der Waals surface area contributed by atoms with E-state index >= 15 is 0 Å². The van der Waals surface area contributed by atoms with E-state index in [2.05, 4.69) is 40.5 Å². The molecule has 0 spiro atoms. The fraction of sp³-hybridized carbons (Fsp3) is 0.714. The normalized spacial score (nSPS) is 11.0. The van der Waals surface area contributed by atoms with Crippen LogP contribution in [-0.4, -0.2) is 47.6 Å². The maximum Gasteiger partial charge on any atom is 0.147 e. The highest BCUT2D eigenvalue weighted by molar-refractivity contribution is 5.35. The number of anilines is 1. The van der Waals surface area contributed by atoms with Gasteiger partial charge in [-0.2, -0.15) is 0 Å². The predicted molar refractivity (Wildman–Crippen MR) is 80.2 cm³/mol. The molecule has 0 aliphatic rings. The Hall–Kier alpha value is -1.20. The Labute approximate surface area is 116 Å². The molecule has 0 saturated carbocycles. The van der Waals surface area contributed by atoms with Gasteiger partial charge in [-0.1, -0.05) is 13.8 Å². The van der Waals surface area contributed by atoms with Gasteiger partial charge >= 0.3 is 0 Å². The number of nitrogens with zero attached hydrogens (tertiary/aromatic N) is 4. The van der Waals surface area contributed by atoms with Crippen LogP contribution in [0.4, 0.5) is 5.82 Å². The van der Waals surface area contributed by atoms with Crippen LogP contribution in [0.15, 0.2) is 12.4 Å². The number of rotatable bonds is 9. The number of hydrogen-bond acceptors (Lipinski definition) is 5. The van der Waals surface area contributed by atoms with Gasteiger partial charge in [0.2, 0.25) is 0 Å². The highest BCUT2D eigenvalue weighted by Crippen LogP contribution is 2.09. The van der Waals surface area contributed by atoms with Crippen molar-refractivity contribution >= 4 is 5.82 Å². The van der Waals surface area contributed by atoms with Gasteiger partial charge in [0.05, 0.1) is 18.1 Å². The molecule has 0 bridgehead atoms. The van der Waals surface area contributed by atoms with Crippen molar-refractivity contribution in [3.8, 4) is 0 Å². The van der Waals surface area contributed by atoms with Crippen molar-refractivity contribution in [2.24, 2.45) is 5.73 Å². The first-order valence-corrected chi connectivity index (χ1v) is 7.23. The SMILES string of the molecule is CCN(CC)CCCN(CC)c1cnc(CN)cn1. The van der Waals surface area contributed by atoms with Gasteiger partial charge < -0.3 is 15.5 Å². The molecule has 0 aliphatic heterocycles. The Bertz CT molecular complexity index is 334. The molecule has 108 valence electrons. The molecular weight excluding hydrogens is 238 g/mol. The zero-order chi connectivity index (χ0) is 14.1. The minimum atomic E-state index is 0.446. The van der Waals surface area contributed by atoms with Crippen LogP contribution in [0, 0.1) is 0 Å². The quantitative estimate of drug-likeness (QED) is 0.733. The molecule has 2 N–H and O–H groups in total. The van der Waals surface area contributed by atoms with Crippen LogP contribution in [0.1, 0.15) is 32.9 Å². The van der Waals surface area contributed by atoms with Gasteiger partial charge in [-0.15, -0.1) is 0 Å². The van der Waals surface area contributed by atoms with Crippen molar-refractivity contribution in [3.63, 3.8) is 0 Å². The fourth-order valence-corrected chi connectivity index (χ4v) is 2.08. The van der Waals surface area contributed by atoms with Crippen LogP contribution in [0.25, 0.3) is 0 Å². The lowest BCUT2D eigenvalue weighted by Gasteiger charge is -2.24. The minimum Gasteiger partial charge on any atom is -0.356 e. The second-order valence-corrected chi connectivity index (χ2v) is 4.53. The average molecular weight is 265 g/mol. The molecule has 1 aromatic rings. The molecule has 1 aromatic heterocycles. The van der Waals surface area contributed by atoms with Crippen molar-refractivity contribution < 1.29 is 0 Å². The van der Waals surface area contributed by atoms with Crippen LogP contribution in [-0.2, 0) is 6.54 Å². The van der Waals surface area contributed by atoms with E-state index in [0.29, 0.717) is 6.54 Å².